The predicted molar refractivity (Wildman–Crippen MR) is 111 cm³/mol. The van der Waals surface area contributed by atoms with Crippen LogP contribution in [-0.2, 0) is 11.3 Å². The van der Waals surface area contributed by atoms with E-state index in [-0.39, 0.29) is 17.5 Å². The van der Waals surface area contributed by atoms with E-state index in [1.807, 2.05) is 63.8 Å². The van der Waals surface area contributed by atoms with Gasteiger partial charge in [0.15, 0.2) is 0 Å². The smallest absolute Gasteiger partial charge is 0.261 e. The van der Waals surface area contributed by atoms with Gasteiger partial charge in [-0.2, -0.15) is 0 Å². The maximum absolute atomic E-state index is 13.1. The summed E-state index contributed by atoms with van der Waals surface area (Å²) in [6.07, 6.45) is 2.77. The van der Waals surface area contributed by atoms with E-state index < -0.39 is 5.41 Å². The molecule has 1 atom stereocenters. The van der Waals surface area contributed by atoms with Gasteiger partial charge in [0.1, 0.15) is 5.82 Å². The van der Waals surface area contributed by atoms with Crippen molar-refractivity contribution in [3.63, 3.8) is 0 Å². The second kappa shape index (κ2) is 8.68. The van der Waals surface area contributed by atoms with Gasteiger partial charge < -0.3 is 4.90 Å². The number of nitrogens with zero attached hydrogens (tertiary/aromatic N) is 3. The predicted octanol–water partition coefficient (Wildman–Crippen LogP) is 4.54. The van der Waals surface area contributed by atoms with Crippen LogP contribution in [0.2, 0.25) is 0 Å². The van der Waals surface area contributed by atoms with Gasteiger partial charge in [0, 0.05) is 18.5 Å². The van der Waals surface area contributed by atoms with Gasteiger partial charge in [-0.1, -0.05) is 53.2 Å². The lowest BCUT2D eigenvalue weighted by Crippen LogP contribution is -2.43. The molecule has 0 spiro atoms. The first-order valence-electron chi connectivity index (χ1n) is 10.0. The van der Waals surface area contributed by atoms with Crippen LogP contribution in [0.5, 0.6) is 0 Å². The van der Waals surface area contributed by atoms with Gasteiger partial charge >= 0.3 is 0 Å². The van der Waals surface area contributed by atoms with Gasteiger partial charge in [0.2, 0.25) is 5.91 Å². The quantitative estimate of drug-likeness (QED) is 0.718. The van der Waals surface area contributed by atoms with Crippen molar-refractivity contribution in [2.24, 2.45) is 5.41 Å². The fourth-order valence-corrected chi connectivity index (χ4v) is 3.31. The highest BCUT2D eigenvalue weighted by atomic mass is 16.2. The maximum atomic E-state index is 13.1. The van der Waals surface area contributed by atoms with E-state index in [0.29, 0.717) is 29.8 Å². The van der Waals surface area contributed by atoms with Crippen LogP contribution >= 0.6 is 0 Å². The van der Waals surface area contributed by atoms with Crippen LogP contribution in [0.3, 0.4) is 0 Å². The Morgan fingerprint density at radius 3 is 2.44 bits per heavy atom. The van der Waals surface area contributed by atoms with E-state index in [9.17, 15) is 9.59 Å². The third kappa shape index (κ3) is 4.57. The Bertz CT molecular complexity index is 849. The molecule has 5 nitrogen and oxygen atoms in total. The number of para-hydroxylation sites is 1. The molecule has 0 aliphatic rings. The topological polar surface area (TPSA) is 55.2 Å². The molecule has 0 radical (unpaired) electrons. The van der Waals surface area contributed by atoms with E-state index in [2.05, 4.69) is 6.92 Å². The molecular weight excluding hydrogens is 338 g/mol. The molecule has 1 amide bonds. The molecule has 1 heterocycles. The first-order chi connectivity index (χ1) is 12.7. The number of carbonyl (C=O) groups excluding carboxylic acids is 1. The second-order valence-corrected chi connectivity index (χ2v) is 8.22. The lowest BCUT2D eigenvalue weighted by atomic mass is 9.93. The molecule has 27 heavy (non-hydrogen) atoms. The van der Waals surface area contributed by atoms with Crippen molar-refractivity contribution < 1.29 is 4.79 Å². The van der Waals surface area contributed by atoms with E-state index in [1.165, 1.54) is 0 Å². The van der Waals surface area contributed by atoms with Gasteiger partial charge in [-0.05, 0) is 31.9 Å². The van der Waals surface area contributed by atoms with Crippen LogP contribution in [0.25, 0.3) is 10.9 Å². The highest BCUT2D eigenvalue weighted by molar-refractivity contribution is 5.82. The molecule has 1 aromatic heterocycles. The number of hydrogen-bond donors (Lipinski definition) is 0. The van der Waals surface area contributed by atoms with E-state index >= 15 is 0 Å². The molecule has 0 saturated heterocycles. The van der Waals surface area contributed by atoms with Crippen molar-refractivity contribution in [3.8, 4) is 0 Å². The van der Waals surface area contributed by atoms with Crippen LogP contribution in [0.1, 0.15) is 72.7 Å². The molecule has 1 aromatic carbocycles. The number of aromatic nitrogens is 2. The number of benzene rings is 1. The third-order valence-electron chi connectivity index (χ3n) is 4.83. The van der Waals surface area contributed by atoms with Crippen molar-refractivity contribution in [2.75, 3.05) is 6.54 Å². The van der Waals surface area contributed by atoms with Crippen molar-refractivity contribution in [1.82, 2.24) is 14.5 Å². The molecule has 5 heteroatoms. The lowest BCUT2D eigenvalue weighted by molar-refractivity contribution is -0.142. The summed E-state index contributed by atoms with van der Waals surface area (Å²) in [5, 5.41) is 0.629. The summed E-state index contributed by atoms with van der Waals surface area (Å²) in [5.41, 5.74) is 0.188. The highest BCUT2D eigenvalue weighted by Gasteiger charge is 2.32. The largest absolute Gasteiger partial charge is 0.332 e. The summed E-state index contributed by atoms with van der Waals surface area (Å²) in [4.78, 5) is 32.9. The Kier molecular flexibility index (Phi) is 6.79. The minimum atomic E-state index is -0.477. The molecule has 2 rings (SSSR count). The van der Waals surface area contributed by atoms with Gasteiger partial charge in [0.05, 0.1) is 16.9 Å². The fraction of sp³-hybridized carbons (Fsp3) is 0.591. The van der Waals surface area contributed by atoms with Crippen molar-refractivity contribution >= 4 is 16.8 Å². The lowest BCUT2D eigenvalue weighted by Gasteiger charge is -2.35. The Labute approximate surface area is 162 Å². The van der Waals surface area contributed by atoms with Crippen LogP contribution in [-0.4, -0.2) is 26.9 Å². The van der Waals surface area contributed by atoms with Crippen molar-refractivity contribution in [1.29, 1.82) is 0 Å². The summed E-state index contributed by atoms with van der Waals surface area (Å²) in [6.45, 7) is 13.2. The average molecular weight is 372 g/mol. The Balaban J connectivity index is 2.61. The standard InChI is InChI=1S/C22H33N3O2/c1-7-9-15-24(21(27)22(4,5)6)16(3)19-23-18-13-11-10-12-17(18)20(26)25(19)14-8-2/h10-13,16H,7-9,14-15H2,1-6H3. The Morgan fingerprint density at radius 2 is 1.85 bits per heavy atom. The number of fused-ring (bicyclic) bond motifs is 1. The molecule has 148 valence electrons. The van der Waals surface area contributed by atoms with Crippen molar-refractivity contribution in [2.45, 2.75) is 73.4 Å². The number of amides is 1. The number of rotatable bonds is 7. The summed E-state index contributed by atoms with van der Waals surface area (Å²) in [7, 11) is 0. The molecule has 0 aliphatic carbocycles. The van der Waals surface area contributed by atoms with Crippen LogP contribution < -0.4 is 5.56 Å². The summed E-state index contributed by atoms with van der Waals surface area (Å²) < 4.78 is 1.75. The first kappa shape index (κ1) is 21.1. The van der Waals surface area contributed by atoms with Crippen LogP contribution in [0, 0.1) is 5.41 Å². The van der Waals surface area contributed by atoms with E-state index in [0.717, 1.165) is 19.3 Å². The summed E-state index contributed by atoms with van der Waals surface area (Å²) in [5.74, 6) is 0.767. The number of hydrogen-bond acceptors (Lipinski definition) is 3. The van der Waals surface area contributed by atoms with Gasteiger partial charge in [-0.3, -0.25) is 14.2 Å². The Morgan fingerprint density at radius 1 is 1.19 bits per heavy atom. The zero-order valence-electron chi connectivity index (χ0n) is 17.6. The van der Waals surface area contributed by atoms with Gasteiger partial charge in [-0.15, -0.1) is 0 Å². The maximum Gasteiger partial charge on any atom is 0.261 e. The molecule has 0 bridgehead atoms. The molecule has 0 saturated carbocycles. The minimum Gasteiger partial charge on any atom is -0.332 e. The van der Waals surface area contributed by atoms with E-state index in [1.54, 1.807) is 4.57 Å². The normalized spacial score (nSPS) is 13.0. The summed E-state index contributed by atoms with van der Waals surface area (Å²) >= 11 is 0. The van der Waals surface area contributed by atoms with Gasteiger partial charge in [0.25, 0.3) is 5.56 Å². The van der Waals surface area contributed by atoms with Gasteiger partial charge in [-0.25, -0.2) is 4.98 Å². The molecule has 2 aromatic rings. The molecule has 1 unspecified atom stereocenters. The number of unbranched alkanes of at least 4 members (excludes halogenated alkanes) is 1. The molecular formula is C22H33N3O2. The zero-order chi connectivity index (χ0) is 20.2. The summed E-state index contributed by atoms with van der Waals surface area (Å²) in [6, 6.07) is 7.18. The average Bonchev–Trinajstić information content (AvgIpc) is 2.63. The number of carbonyl (C=O) groups is 1. The SMILES string of the molecule is CCCCN(C(=O)C(C)(C)C)C(C)c1nc2ccccc2c(=O)n1CCC. The molecule has 0 fully saturated rings. The first-order valence-corrected chi connectivity index (χ1v) is 10.0. The fourth-order valence-electron chi connectivity index (χ4n) is 3.31. The van der Waals surface area contributed by atoms with Crippen molar-refractivity contribution in [3.05, 3.63) is 40.4 Å². The zero-order valence-corrected chi connectivity index (χ0v) is 17.6. The monoisotopic (exact) mass is 371 g/mol. The highest BCUT2D eigenvalue weighted by Crippen LogP contribution is 2.27. The second-order valence-electron chi connectivity index (χ2n) is 8.22. The minimum absolute atomic E-state index is 0.0250. The molecule has 0 N–H and O–H groups in total. The van der Waals surface area contributed by atoms with E-state index in [4.69, 9.17) is 4.98 Å². The third-order valence-corrected chi connectivity index (χ3v) is 4.83. The van der Waals surface area contributed by atoms with Crippen LogP contribution in [0.15, 0.2) is 29.1 Å². The Hall–Kier alpha value is -2.17. The van der Waals surface area contributed by atoms with Crippen LogP contribution in [0.4, 0.5) is 0 Å². The molecule has 0 aliphatic heterocycles.